The summed E-state index contributed by atoms with van der Waals surface area (Å²) < 4.78 is 43.9. The van der Waals surface area contributed by atoms with Crippen molar-refractivity contribution in [1.82, 2.24) is 5.32 Å². The van der Waals surface area contributed by atoms with Crippen molar-refractivity contribution in [1.29, 1.82) is 0 Å². The van der Waals surface area contributed by atoms with Crippen LogP contribution in [0.4, 0.5) is 13.2 Å². The first kappa shape index (κ1) is 16.3. The second-order valence-electron chi connectivity index (χ2n) is 6.47. The van der Waals surface area contributed by atoms with Crippen LogP contribution in [0.2, 0.25) is 0 Å². The normalized spacial score (nSPS) is 27.6. The molecule has 2 saturated heterocycles. The largest absolute Gasteiger partial charge is 0.497 e. The quantitative estimate of drug-likeness (QED) is 0.858. The number of Topliss-reactive ketones (excluding diaryl/α,β-unsaturated/α-hetero) is 1. The van der Waals surface area contributed by atoms with Crippen LogP contribution in [0, 0.1) is 5.92 Å². The number of methoxy groups -OCH3 is 1. The summed E-state index contributed by atoms with van der Waals surface area (Å²) >= 11 is 0. The zero-order valence-electron chi connectivity index (χ0n) is 13.0. The van der Waals surface area contributed by atoms with Gasteiger partial charge in [-0.2, -0.15) is 13.2 Å². The summed E-state index contributed by atoms with van der Waals surface area (Å²) in [6.45, 7) is 0. The fourth-order valence-corrected chi connectivity index (χ4v) is 3.74. The minimum absolute atomic E-state index is 0.0669. The van der Waals surface area contributed by atoms with Crippen LogP contribution in [-0.4, -0.2) is 25.0 Å². The third-order valence-corrected chi connectivity index (χ3v) is 4.84. The van der Waals surface area contributed by atoms with Gasteiger partial charge >= 0.3 is 6.18 Å². The van der Waals surface area contributed by atoms with Crippen LogP contribution < -0.4 is 10.1 Å². The molecule has 3 rings (SSSR count). The fourth-order valence-electron chi connectivity index (χ4n) is 3.74. The average Bonchev–Trinajstić information content (AvgIpc) is 2.52. The Morgan fingerprint density at radius 1 is 1.17 bits per heavy atom. The first-order valence-electron chi connectivity index (χ1n) is 7.93. The van der Waals surface area contributed by atoms with Crippen LogP contribution in [0.3, 0.4) is 0 Å². The summed E-state index contributed by atoms with van der Waals surface area (Å²) in [5.74, 6) is -0.343. The van der Waals surface area contributed by atoms with Gasteiger partial charge in [0.2, 0.25) is 0 Å². The van der Waals surface area contributed by atoms with Crippen molar-refractivity contribution >= 4 is 5.78 Å². The molecule has 1 aromatic rings. The van der Waals surface area contributed by atoms with Crippen molar-refractivity contribution in [3.63, 3.8) is 0 Å². The van der Waals surface area contributed by atoms with Gasteiger partial charge in [-0.25, -0.2) is 0 Å². The lowest BCUT2D eigenvalue weighted by Crippen LogP contribution is -2.50. The summed E-state index contributed by atoms with van der Waals surface area (Å²) in [6, 6.07) is 3.90. The SMILES string of the molecule is COc1cc(C(=O)C2CC3CCCC(C2)N3)cc(C(F)(F)F)c1. The molecule has 0 saturated carbocycles. The molecule has 6 heteroatoms. The lowest BCUT2D eigenvalue weighted by atomic mass is 9.77. The molecule has 1 aromatic carbocycles. The van der Waals surface area contributed by atoms with E-state index in [9.17, 15) is 18.0 Å². The molecule has 2 aliphatic rings. The van der Waals surface area contributed by atoms with Gasteiger partial charge in [-0.3, -0.25) is 4.79 Å². The highest BCUT2D eigenvalue weighted by molar-refractivity contribution is 5.98. The van der Waals surface area contributed by atoms with Crippen LogP contribution in [-0.2, 0) is 6.18 Å². The summed E-state index contributed by atoms with van der Waals surface area (Å²) in [5, 5.41) is 3.49. The molecule has 126 valence electrons. The van der Waals surface area contributed by atoms with E-state index in [1.54, 1.807) is 0 Å². The zero-order chi connectivity index (χ0) is 16.6. The first-order valence-corrected chi connectivity index (χ1v) is 7.93. The third-order valence-electron chi connectivity index (χ3n) is 4.84. The number of ketones is 1. The van der Waals surface area contributed by atoms with Gasteiger partial charge in [-0.1, -0.05) is 6.42 Å². The monoisotopic (exact) mass is 327 g/mol. The van der Waals surface area contributed by atoms with E-state index >= 15 is 0 Å². The number of carbonyl (C=O) groups is 1. The van der Waals surface area contributed by atoms with E-state index in [2.05, 4.69) is 5.32 Å². The molecule has 0 aliphatic carbocycles. The Hall–Kier alpha value is -1.56. The van der Waals surface area contributed by atoms with Crippen LogP contribution >= 0.6 is 0 Å². The molecule has 0 spiro atoms. The lowest BCUT2D eigenvalue weighted by Gasteiger charge is -2.39. The molecule has 3 nitrogen and oxygen atoms in total. The van der Waals surface area contributed by atoms with E-state index < -0.39 is 11.7 Å². The Labute approximate surface area is 133 Å². The molecule has 2 fully saturated rings. The van der Waals surface area contributed by atoms with Gasteiger partial charge < -0.3 is 10.1 Å². The Morgan fingerprint density at radius 2 is 1.83 bits per heavy atom. The molecule has 2 atom stereocenters. The molecule has 0 aromatic heterocycles. The van der Waals surface area contributed by atoms with Crippen molar-refractivity contribution in [3.05, 3.63) is 29.3 Å². The number of alkyl halides is 3. The van der Waals surface area contributed by atoms with Crippen molar-refractivity contribution in [2.75, 3.05) is 7.11 Å². The summed E-state index contributed by atoms with van der Waals surface area (Å²) in [7, 11) is 1.30. The van der Waals surface area contributed by atoms with Crippen LogP contribution in [0.5, 0.6) is 5.75 Å². The van der Waals surface area contributed by atoms with Gasteiger partial charge in [-0.05, 0) is 43.9 Å². The summed E-state index contributed by atoms with van der Waals surface area (Å²) in [5.41, 5.74) is -0.740. The number of hydrogen-bond acceptors (Lipinski definition) is 3. The van der Waals surface area contributed by atoms with E-state index in [0.29, 0.717) is 24.9 Å². The molecule has 23 heavy (non-hydrogen) atoms. The van der Waals surface area contributed by atoms with Gasteiger partial charge in [0.15, 0.2) is 5.78 Å². The minimum Gasteiger partial charge on any atom is -0.497 e. The van der Waals surface area contributed by atoms with Crippen molar-refractivity contribution in [2.45, 2.75) is 50.4 Å². The highest BCUT2D eigenvalue weighted by Crippen LogP contribution is 2.35. The maximum absolute atomic E-state index is 13.0. The maximum Gasteiger partial charge on any atom is 0.416 e. The molecule has 1 N–H and O–H groups in total. The van der Waals surface area contributed by atoms with E-state index in [4.69, 9.17) is 4.74 Å². The highest BCUT2D eigenvalue weighted by Gasteiger charge is 2.36. The van der Waals surface area contributed by atoms with Gasteiger partial charge in [0, 0.05) is 23.6 Å². The molecule has 2 heterocycles. The number of carbonyl (C=O) groups excluding carboxylic acids is 1. The maximum atomic E-state index is 13.0. The van der Waals surface area contributed by atoms with E-state index in [-0.39, 0.29) is 23.0 Å². The van der Waals surface area contributed by atoms with Gasteiger partial charge in [0.05, 0.1) is 12.7 Å². The molecule has 0 radical (unpaired) electrons. The van der Waals surface area contributed by atoms with Gasteiger partial charge in [-0.15, -0.1) is 0 Å². The highest BCUT2D eigenvalue weighted by atomic mass is 19.4. The number of hydrogen-bond donors (Lipinski definition) is 1. The second-order valence-corrected chi connectivity index (χ2v) is 6.47. The van der Waals surface area contributed by atoms with Crippen molar-refractivity contribution in [3.8, 4) is 5.75 Å². The Morgan fingerprint density at radius 3 is 2.39 bits per heavy atom. The molecule has 2 unspecified atom stereocenters. The number of rotatable bonds is 3. The Balaban J connectivity index is 1.86. The predicted molar refractivity (Wildman–Crippen MR) is 79.6 cm³/mol. The number of halogens is 3. The summed E-state index contributed by atoms with van der Waals surface area (Å²) in [6.07, 6.45) is 0.134. The topological polar surface area (TPSA) is 38.3 Å². The number of ether oxygens (including phenoxy) is 1. The Kier molecular flexibility index (Phi) is 4.36. The Bertz CT molecular complexity index is 588. The average molecular weight is 327 g/mol. The van der Waals surface area contributed by atoms with Crippen LogP contribution in [0.1, 0.15) is 48.0 Å². The van der Waals surface area contributed by atoms with Gasteiger partial charge in [0.1, 0.15) is 5.75 Å². The molecule has 2 aliphatic heterocycles. The number of fused-ring (bicyclic) bond motifs is 2. The smallest absolute Gasteiger partial charge is 0.416 e. The van der Waals surface area contributed by atoms with E-state index in [0.717, 1.165) is 31.4 Å². The number of piperidine rings is 2. The van der Waals surface area contributed by atoms with Gasteiger partial charge in [0.25, 0.3) is 0 Å². The summed E-state index contributed by atoms with van der Waals surface area (Å²) in [4.78, 5) is 12.7. The molecule has 2 bridgehead atoms. The van der Waals surface area contributed by atoms with Crippen LogP contribution in [0.25, 0.3) is 0 Å². The minimum atomic E-state index is -4.49. The molecular formula is C17H20F3NO2. The standard InChI is InChI=1S/C17H20F3NO2/c1-23-15-8-10(5-12(9-15)17(18,19)20)16(22)11-6-13-3-2-4-14(7-11)21-13/h5,8-9,11,13-14,21H,2-4,6-7H2,1H3. The predicted octanol–water partition coefficient (Wildman–Crippen LogP) is 3.82. The zero-order valence-corrected chi connectivity index (χ0v) is 13.0. The second kappa shape index (κ2) is 6.15. The van der Waals surface area contributed by atoms with Crippen molar-refractivity contribution in [2.24, 2.45) is 5.92 Å². The first-order chi connectivity index (χ1) is 10.9. The van der Waals surface area contributed by atoms with Crippen LogP contribution in [0.15, 0.2) is 18.2 Å². The number of benzene rings is 1. The van der Waals surface area contributed by atoms with Crippen molar-refractivity contribution < 1.29 is 22.7 Å². The van der Waals surface area contributed by atoms with E-state index in [1.807, 2.05) is 0 Å². The molecule has 0 amide bonds. The fraction of sp³-hybridized carbons (Fsp3) is 0.588. The molecular weight excluding hydrogens is 307 g/mol. The number of nitrogens with one attached hydrogen (secondary N) is 1. The van der Waals surface area contributed by atoms with E-state index in [1.165, 1.54) is 13.2 Å². The third kappa shape index (κ3) is 3.52. The lowest BCUT2D eigenvalue weighted by molar-refractivity contribution is -0.137.